The maximum absolute atomic E-state index is 12.1. The molecule has 3 rings (SSSR count). The number of carbonyl (C=O) groups excluding carboxylic acids is 2. The van der Waals surface area contributed by atoms with Gasteiger partial charge in [-0.25, -0.2) is 0 Å². The average Bonchev–Trinajstić information content (AvgIpc) is 2.71. The molecule has 1 heterocycles. The number of benzene rings is 2. The summed E-state index contributed by atoms with van der Waals surface area (Å²) in [7, 11) is 0. The van der Waals surface area contributed by atoms with Gasteiger partial charge in [-0.3, -0.25) is 20.4 Å². The molecule has 0 aromatic heterocycles. The van der Waals surface area contributed by atoms with E-state index in [-0.39, 0.29) is 13.2 Å². The van der Waals surface area contributed by atoms with Crippen molar-refractivity contribution in [2.75, 3.05) is 19.8 Å². The van der Waals surface area contributed by atoms with E-state index in [4.69, 9.17) is 18.9 Å². The van der Waals surface area contributed by atoms with Crippen LogP contribution in [0.5, 0.6) is 23.0 Å². The normalized spacial score (nSPS) is 14.8. The molecule has 27 heavy (non-hydrogen) atoms. The van der Waals surface area contributed by atoms with Crippen molar-refractivity contribution >= 4 is 11.8 Å². The van der Waals surface area contributed by atoms with Crippen molar-refractivity contribution in [3.63, 3.8) is 0 Å². The summed E-state index contributed by atoms with van der Waals surface area (Å²) < 4.78 is 21.7. The highest BCUT2D eigenvalue weighted by Gasteiger charge is 2.27. The van der Waals surface area contributed by atoms with E-state index in [1.54, 1.807) is 42.5 Å². The maximum Gasteiger partial charge on any atom is 0.283 e. The topological polar surface area (TPSA) is 95.1 Å². The van der Waals surface area contributed by atoms with Crippen LogP contribution in [0.1, 0.15) is 6.92 Å². The molecule has 1 atom stereocenters. The number of carbonyl (C=O) groups is 2. The van der Waals surface area contributed by atoms with E-state index >= 15 is 0 Å². The lowest BCUT2D eigenvalue weighted by Crippen LogP contribution is -2.51. The first-order valence-electron chi connectivity index (χ1n) is 8.48. The Morgan fingerprint density at radius 3 is 2.37 bits per heavy atom. The predicted molar refractivity (Wildman–Crippen MR) is 95.7 cm³/mol. The molecule has 0 radical (unpaired) electrons. The van der Waals surface area contributed by atoms with Crippen molar-refractivity contribution in [1.82, 2.24) is 10.9 Å². The Bertz CT molecular complexity index is 793. The first kappa shape index (κ1) is 18.4. The van der Waals surface area contributed by atoms with Crippen molar-refractivity contribution in [1.29, 1.82) is 0 Å². The Hall–Kier alpha value is -3.42. The van der Waals surface area contributed by atoms with E-state index in [0.717, 1.165) is 5.75 Å². The number of hydrazine groups is 1. The number of hydrogen-bond acceptors (Lipinski definition) is 6. The van der Waals surface area contributed by atoms with Crippen LogP contribution >= 0.6 is 0 Å². The van der Waals surface area contributed by atoms with Crippen molar-refractivity contribution in [3.05, 3.63) is 48.5 Å². The molecule has 0 aliphatic carbocycles. The van der Waals surface area contributed by atoms with Gasteiger partial charge in [-0.15, -0.1) is 0 Å². The first-order chi connectivity index (χ1) is 13.2. The van der Waals surface area contributed by atoms with Gasteiger partial charge in [0.05, 0.1) is 6.61 Å². The molecule has 0 spiro atoms. The van der Waals surface area contributed by atoms with Gasteiger partial charge in [-0.1, -0.05) is 12.1 Å². The highest BCUT2D eigenvalue weighted by Crippen LogP contribution is 2.30. The van der Waals surface area contributed by atoms with Gasteiger partial charge in [0.2, 0.25) is 6.10 Å². The fraction of sp³-hybridized carbons (Fsp3) is 0.263. The molecule has 0 bridgehead atoms. The van der Waals surface area contributed by atoms with Crippen molar-refractivity contribution in [3.8, 4) is 23.0 Å². The molecule has 0 saturated carbocycles. The summed E-state index contributed by atoms with van der Waals surface area (Å²) in [6, 6.07) is 13.9. The third-order valence-electron chi connectivity index (χ3n) is 3.63. The lowest BCUT2D eigenvalue weighted by Gasteiger charge is -2.25. The minimum absolute atomic E-state index is 0.0569. The molecule has 8 nitrogen and oxygen atoms in total. The SMILES string of the molecule is CCOc1ccc(OCC(=O)NNC(=O)C2COc3ccccc3O2)cc1. The Labute approximate surface area is 156 Å². The fourth-order valence-electron chi connectivity index (χ4n) is 2.34. The Kier molecular flexibility index (Phi) is 5.98. The van der Waals surface area contributed by atoms with Crippen LogP contribution < -0.4 is 29.8 Å². The summed E-state index contributed by atoms with van der Waals surface area (Å²) in [5, 5.41) is 0. The van der Waals surface area contributed by atoms with Gasteiger partial charge in [0, 0.05) is 0 Å². The molecular weight excluding hydrogens is 352 g/mol. The summed E-state index contributed by atoms with van der Waals surface area (Å²) in [4.78, 5) is 23.9. The zero-order valence-electron chi connectivity index (χ0n) is 14.8. The molecular formula is C19H20N2O6. The molecule has 142 valence electrons. The molecule has 2 amide bonds. The second kappa shape index (κ2) is 8.79. The van der Waals surface area contributed by atoms with E-state index < -0.39 is 17.9 Å². The Morgan fingerprint density at radius 2 is 1.67 bits per heavy atom. The van der Waals surface area contributed by atoms with Crippen molar-refractivity contribution in [2.45, 2.75) is 13.0 Å². The molecule has 1 aliphatic rings. The molecule has 0 saturated heterocycles. The van der Waals surface area contributed by atoms with Crippen LogP contribution in [-0.2, 0) is 9.59 Å². The van der Waals surface area contributed by atoms with Crippen LogP contribution in [0.25, 0.3) is 0 Å². The van der Waals surface area contributed by atoms with Crippen LogP contribution in [-0.4, -0.2) is 37.7 Å². The van der Waals surface area contributed by atoms with Gasteiger partial charge in [-0.2, -0.15) is 0 Å². The third-order valence-corrected chi connectivity index (χ3v) is 3.63. The predicted octanol–water partition coefficient (Wildman–Crippen LogP) is 1.45. The lowest BCUT2D eigenvalue weighted by atomic mass is 10.2. The Balaban J connectivity index is 1.40. The zero-order valence-corrected chi connectivity index (χ0v) is 14.8. The summed E-state index contributed by atoms with van der Waals surface area (Å²) >= 11 is 0. The standard InChI is InChI=1S/C19H20N2O6/c1-2-24-13-7-9-14(10-8-13)25-12-18(22)20-21-19(23)17-11-26-15-5-3-4-6-16(15)27-17/h3-10,17H,2,11-12H2,1H3,(H,20,22)(H,21,23). The van der Waals surface area contributed by atoms with E-state index in [1.807, 2.05) is 13.0 Å². The third kappa shape index (κ3) is 5.04. The largest absolute Gasteiger partial charge is 0.494 e. The second-order valence-corrected chi connectivity index (χ2v) is 5.59. The van der Waals surface area contributed by atoms with E-state index in [0.29, 0.717) is 23.9 Å². The average molecular weight is 372 g/mol. The number of fused-ring (bicyclic) bond motifs is 1. The molecule has 2 N–H and O–H groups in total. The molecule has 1 aliphatic heterocycles. The summed E-state index contributed by atoms with van der Waals surface area (Å²) in [5.74, 6) is 1.27. The van der Waals surface area contributed by atoms with Crippen molar-refractivity contribution < 1.29 is 28.5 Å². The van der Waals surface area contributed by atoms with Gasteiger partial charge in [0.15, 0.2) is 18.1 Å². The summed E-state index contributed by atoms with van der Waals surface area (Å²) in [5.41, 5.74) is 4.58. The van der Waals surface area contributed by atoms with Gasteiger partial charge in [0.1, 0.15) is 18.1 Å². The summed E-state index contributed by atoms with van der Waals surface area (Å²) in [6.45, 7) is 2.27. The molecule has 2 aromatic rings. The maximum atomic E-state index is 12.1. The number of para-hydroxylation sites is 2. The highest BCUT2D eigenvalue weighted by atomic mass is 16.6. The van der Waals surface area contributed by atoms with Crippen LogP contribution in [0.15, 0.2) is 48.5 Å². The smallest absolute Gasteiger partial charge is 0.283 e. The van der Waals surface area contributed by atoms with Crippen molar-refractivity contribution in [2.24, 2.45) is 0 Å². The minimum atomic E-state index is -0.854. The highest BCUT2D eigenvalue weighted by molar-refractivity contribution is 5.85. The second-order valence-electron chi connectivity index (χ2n) is 5.59. The van der Waals surface area contributed by atoms with Gasteiger partial charge >= 0.3 is 0 Å². The quantitative estimate of drug-likeness (QED) is 0.746. The fourth-order valence-corrected chi connectivity index (χ4v) is 2.34. The lowest BCUT2D eigenvalue weighted by molar-refractivity contribution is -0.135. The Morgan fingerprint density at radius 1 is 1.00 bits per heavy atom. The van der Waals surface area contributed by atoms with E-state index in [9.17, 15) is 9.59 Å². The number of rotatable bonds is 6. The molecule has 2 aromatic carbocycles. The van der Waals surface area contributed by atoms with Crippen LogP contribution in [0, 0.1) is 0 Å². The van der Waals surface area contributed by atoms with Gasteiger partial charge in [0.25, 0.3) is 11.8 Å². The number of amides is 2. The monoisotopic (exact) mass is 372 g/mol. The first-order valence-corrected chi connectivity index (χ1v) is 8.48. The van der Waals surface area contributed by atoms with E-state index in [2.05, 4.69) is 10.9 Å². The van der Waals surface area contributed by atoms with Crippen LogP contribution in [0.4, 0.5) is 0 Å². The molecule has 8 heteroatoms. The number of ether oxygens (including phenoxy) is 4. The number of nitrogens with one attached hydrogen (secondary N) is 2. The van der Waals surface area contributed by atoms with Gasteiger partial charge in [-0.05, 0) is 43.3 Å². The van der Waals surface area contributed by atoms with E-state index in [1.165, 1.54) is 0 Å². The number of hydrogen-bond donors (Lipinski definition) is 2. The molecule has 1 unspecified atom stereocenters. The van der Waals surface area contributed by atoms with Crippen LogP contribution in [0.3, 0.4) is 0 Å². The van der Waals surface area contributed by atoms with Gasteiger partial charge < -0.3 is 18.9 Å². The van der Waals surface area contributed by atoms with Crippen LogP contribution in [0.2, 0.25) is 0 Å². The zero-order chi connectivity index (χ0) is 19.1. The summed E-state index contributed by atoms with van der Waals surface area (Å²) in [6.07, 6.45) is -0.854. The minimum Gasteiger partial charge on any atom is -0.494 e. The molecule has 0 fully saturated rings.